The zero-order valence-corrected chi connectivity index (χ0v) is 7.32. The van der Waals surface area contributed by atoms with E-state index in [1.807, 2.05) is 0 Å². The van der Waals surface area contributed by atoms with Gasteiger partial charge < -0.3 is 15.9 Å². The molecule has 0 aliphatic carbocycles. The van der Waals surface area contributed by atoms with Gasteiger partial charge in [0.15, 0.2) is 0 Å². The molecule has 0 spiro atoms. The van der Waals surface area contributed by atoms with Crippen molar-refractivity contribution in [2.75, 3.05) is 0 Å². The number of hydrogen-bond donors (Lipinski definition) is 4. The summed E-state index contributed by atoms with van der Waals surface area (Å²) in [4.78, 5) is 20.1. The van der Waals surface area contributed by atoms with Gasteiger partial charge in [-0.05, 0) is 0 Å². The highest BCUT2D eigenvalue weighted by atomic mass is 16.6. The van der Waals surface area contributed by atoms with Crippen LogP contribution in [0.4, 0.5) is 5.69 Å². The SMILES string of the molecule is NC(C(=O)O)C(O)c1[nH]ncc1[N+](=O)[O-]. The molecular weight excluding hydrogens is 208 g/mol. The predicted molar refractivity (Wildman–Crippen MR) is 45.8 cm³/mol. The molecule has 2 unspecified atom stereocenters. The standard InChI is InChI=1S/C6H8N4O5/c7-3(6(12)13)5(11)4-2(10(14)15)1-8-9-4/h1,3,5,11H,7H2,(H,8,9)(H,12,13). The van der Waals surface area contributed by atoms with Crippen LogP contribution < -0.4 is 5.73 Å². The Morgan fingerprint density at radius 2 is 2.33 bits per heavy atom. The second-order valence-electron chi connectivity index (χ2n) is 2.73. The third-order valence-corrected chi connectivity index (χ3v) is 1.77. The normalized spacial score (nSPS) is 14.5. The Hall–Kier alpha value is -2.00. The highest BCUT2D eigenvalue weighted by molar-refractivity contribution is 5.74. The molecule has 15 heavy (non-hydrogen) atoms. The number of nitrogens with two attached hydrogens (primary N) is 1. The maximum Gasteiger partial charge on any atom is 0.323 e. The van der Waals surface area contributed by atoms with E-state index in [0.29, 0.717) is 0 Å². The van der Waals surface area contributed by atoms with E-state index in [4.69, 9.17) is 10.8 Å². The fourth-order valence-corrected chi connectivity index (χ4v) is 0.968. The smallest absolute Gasteiger partial charge is 0.323 e. The van der Waals surface area contributed by atoms with Gasteiger partial charge in [-0.25, -0.2) is 0 Å². The molecule has 1 heterocycles. The lowest BCUT2D eigenvalue weighted by Gasteiger charge is -2.11. The Morgan fingerprint density at radius 1 is 1.73 bits per heavy atom. The summed E-state index contributed by atoms with van der Waals surface area (Å²) in [5.41, 5.74) is 4.28. The van der Waals surface area contributed by atoms with Gasteiger partial charge in [0.25, 0.3) is 0 Å². The number of aromatic nitrogens is 2. The molecule has 1 aromatic heterocycles. The van der Waals surface area contributed by atoms with Gasteiger partial charge in [-0.2, -0.15) is 5.10 Å². The zero-order chi connectivity index (χ0) is 11.6. The lowest BCUT2D eigenvalue weighted by atomic mass is 10.1. The van der Waals surface area contributed by atoms with Gasteiger partial charge >= 0.3 is 11.7 Å². The highest BCUT2D eigenvalue weighted by Gasteiger charge is 2.31. The molecule has 0 fully saturated rings. The van der Waals surface area contributed by atoms with Crippen LogP contribution in [0.2, 0.25) is 0 Å². The lowest BCUT2D eigenvalue weighted by molar-refractivity contribution is -0.386. The highest BCUT2D eigenvalue weighted by Crippen LogP contribution is 2.23. The minimum absolute atomic E-state index is 0.324. The summed E-state index contributed by atoms with van der Waals surface area (Å²) in [5.74, 6) is -1.47. The molecule has 5 N–H and O–H groups in total. The van der Waals surface area contributed by atoms with E-state index in [9.17, 15) is 20.0 Å². The van der Waals surface area contributed by atoms with Crippen molar-refractivity contribution in [3.05, 3.63) is 22.0 Å². The van der Waals surface area contributed by atoms with Crippen molar-refractivity contribution in [3.8, 4) is 0 Å². The molecule has 2 atom stereocenters. The minimum Gasteiger partial charge on any atom is -0.480 e. The fourth-order valence-electron chi connectivity index (χ4n) is 0.968. The van der Waals surface area contributed by atoms with Crippen LogP contribution in [0.1, 0.15) is 11.8 Å². The molecule has 82 valence electrons. The number of aromatic amines is 1. The van der Waals surface area contributed by atoms with Crippen molar-refractivity contribution in [1.82, 2.24) is 10.2 Å². The van der Waals surface area contributed by atoms with Gasteiger partial charge in [-0.1, -0.05) is 0 Å². The zero-order valence-electron chi connectivity index (χ0n) is 7.32. The molecular formula is C6H8N4O5. The molecule has 1 rings (SSSR count). The van der Waals surface area contributed by atoms with Crippen LogP contribution in [-0.2, 0) is 4.79 Å². The van der Waals surface area contributed by atoms with Crippen LogP contribution in [0.3, 0.4) is 0 Å². The number of aliphatic hydroxyl groups is 1. The molecule has 9 nitrogen and oxygen atoms in total. The number of nitro groups is 1. The Labute approximate surface area is 82.7 Å². The molecule has 0 bridgehead atoms. The van der Waals surface area contributed by atoms with Gasteiger partial charge in [0.05, 0.1) is 4.92 Å². The van der Waals surface area contributed by atoms with Gasteiger partial charge in [0, 0.05) is 0 Å². The predicted octanol–water partition coefficient (Wildman–Crippen LogP) is -1.24. The van der Waals surface area contributed by atoms with Crippen molar-refractivity contribution in [2.45, 2.75) is 12.1 Å². The maximum atomic E-state index is 10.4. The first-order valence-electron chi connectivity index (χ1n) is 3.79. The molecule has 0 saturated heterocycles. The van der Waals surface area contributed by atoms with Crippen LogP contribution in [0.25, 0.3) is 0 Å². The first-order valence-corrected chi connectivity index (χ1v) is 3.79. The van der Waals surface area contributed by atoms with Crippen molar-refractivity contribution in [3.63, 3.8) is 0 Å². The molecule has 9 heteroatoms. The fraction of sp³-hybridized carbons (Fsp3) is 0.333. The summed E-state index contributed by atoms with van der Waals surface area (Å²) in [6, 6.07) is -1.65. The first-order chi connectivity index (χ1) is 6.95. The van der Waals surface area contributed by atoms with Gasteiger partial charge in [0.2, 0.25) is 0 Å². The largest absolute Gasteiger partial charge is 0.480 e. The van der Waals surface area contributed by atoms with Crippen LogP contribution in [-0.4, -0.2) is 37.3 Å². The molecule has 0 aliphatic heterocycles. The molecule has 0 radical (unpaired) electrons. The van der Waals surface area contributed by atoms with Crippen molar-refractivity contribution in [1.29, 1.82) is 0 Å². The third-order valence-electron chi connectivity index (χ3n) is 1.77. The lowest BCUT2D eigenvalue weighted by Crippen LogP contribution is -2.36. The summed E-state index contributed by atoms with van der Waals surface area (Å²) >= 11 is 0. The maximum absolute atomic E-state index is 10.4. The molecule has 1 aromatic rings. The summed E-state index contributed by atoms with van der Waals surface area (Å²) in [6.07, 6.45) is -0.835. The second-order valence-corrected chi connectivity index (χ2v) is 2.73. The summed E-state index contributed by atoms with van der Waals surface area (Å²) in [7, 11) is 0. The van der Waals surface area contributed by atoms with E-state index in [1.165, 1.54) is 0 Å². The van der Waals surface area contributed by atoms with Gasteiger partial charge in [-0.3, -0.25) is 20.0 Å². The van der Waals surface area contributed by atoms with Crippen molar-refractivity contribution >= 4 is 11.7 Å². The number of aliphatic carboxylic acids is 1. The Balaban J connectivity index is 3.00. The monoisotopic (exact) mass is 216 g/mol. The minimum atomic E-state index is -1.70. The third kappa shape index (κ3) is 2.08. The van der Waals surface area contributed by atoms with Crippen LogP contribution >= 0.6 is 0 Å². The number of H-pyrrole nitrogens is 1. The molecule has 0 amide bonds. The number of aliphatic hydroxyl groups excluding tert-OH is 1. The Bertz CT molecular complexity index is 389. The van der Waals surface area contributed by atoms with Crippen LogP contribution in [0.5, 0.6) is 0 Å². The van der Waals surface area contributed by atoms with E-state index < -0.39 is 28.7 Å². The number of carboxylic acid groups (broad SMARTS) is 1. The number of nitrogens with zero attached hydrogens (tertiary/aromatic N) is 2. The molecule has 0 saturated carbocycles. The van der Waals surface area contributed by atoms with E-state index in [2.05, 4.69) is 10.2 Å². The number of hydrogen-bond acceptors (Lipinski definition) is 6. The van der Waals surface area contributed by atoms with E-state index >= 15 is 0 Å². The summed E-state index contributed by atoms with van der Waals surface area (Å²) in [6.45, 7) is 0. The van der Waals surface area contributed by atoms with E-state index in [1.54, 1.807) is 0 Å². The number of rotatable bonds is 4. The topological polar surface area (TPSA) is 155 Å². The van der Waals surface area contributed by atoms with Crippen LogP contribution in [0.15, 0.2) is 6.20 Å². The Morgan fingerprint density at radius 3 is 2.80 bits per heavy atom. The first kappa shape index (κ1) is 11.1. The van der Waals surface area contributed by atoms with E-state index in [-0.39, 0.29) is 5.69 Å². The summed E-state index contributed by atoms with van der Waals surface area (Å²) in [5, 5.41) is 33.8. The molecule has 0 aliphatic rings. The average Bonchev–Trinajstić information content (AvgIpc) is 2.63. The second kappa shape index (κ2) is 4.02. The van der Waals surface area contributed by atoms with Gasteiger partial charge in [0.1, 0.15) is 24.0 Å². The number of nitrogens with one attached hydrogen (secondary N) is 1. The van der Waals surface area contributed by atoms with Crippen LogP contribution in [0, 0.1) is 10.1 Å². The van der Waals surface area contributed by atoms with Crippen molar-refractivity contribution < 1.29 is 19.9 Å². The number of carbonyl (C=O) groups is 1. The van der Waals surface area contributed by atoms with Crippen molar-refractivity contribution in [2.24, 2.45) is 5.73 Å². The van der Waals surface area contributed by atoms with E-state index in [0.717, 1.165) is 6.20 Å². The number of carboxylic acids is 1. The quantitative estimate of drug-likeness (QED) is 0.362. The molecule has 0 aromatic carbocycles. The van der Waals surface area contributed by atoms with Gasteiger partial charge in [-0.15, -0.1) is 0 Å². The Kier molecular flexibility index (Phi) is 2.97. The average molecular weight is 216 g/mol. The summed E-state index contributed by atoms with van der Waals surface area (Å²) < 4.78 is 0.